The lowest BCUT2D eigenvalue weighted by Crippen LogP contribution is -2.33. The lowest BCUT2D eigenvalue weighted by Gasteiger charge is -2.21. The molecule has 0 spiro atoms. The Bertz CT molecular complexity index is 1180. The fourth-order valence-electron chi connectivity index (χ4n) is 3.24. The van der Waals surface area contributed by atoms with Crippen LogP contribution in [0.25, 0.3) is 10.4 Å². The van der Waals surface area contributed by atoms with Crippen LogP contribution in [0, 0.1) is 0 Å². The van der Waals surface area contributed by atoms with E-state index in [1.54, 1.807) is 68.5 Å². The molecule has 0 saturated carbocycles. The van der Waals surface area contributed by atoms with Gasteiger partial charge in [-0.3, -0.25) is 14.9 Å². The highest BCUT2D eigenvalue weighted by Crippen LogP contribution is 2.32. The molecule has 0 bridgehead atoms. The number of thiophene rings is 1. The quantitative estimate of drug-likeness (QED) is 0.380. The van der Waals surface area contributed by atoms with E-state index in [0.717, 1.165) is 10.4 Å². The molecule has 3 rings (SSSR count). The number of aliphatic hydroxyl groups is 1. The minimum atomic E-state index is -1.17. The average Bonchev–Trinajstić information content (AvgIpc) is 3.33. The fraction of sp³-hybridized carbons (Fsp3) is 0.269. The van der Waals surface area contributed by atoms with Crippen molar-refractivity contribution in [3.05, 3.63) is 71.1 Å². The van der Waals surface area contributed by atoms with Crippen molar-refractivity contribution in [2.75, 3.05) is 17.7 Å². The van der Waals surface area contributed by atoms with Crippen molar-refractivity contribution in [1.82, 2.24) is 5.32 Å². The summed E-state index contributed by atoms with van der Waals surface area (Å²) in [5, 5.41) is 19.8. The number of carbonyl (C=O) groups is 3. The molecule has 0 fully saturated rings. The van der Waals surface area contributed by atoms with E-state index in [4.69, 9.17) is 4.74 Å². The van der Waals surface area contributed by atoms with E-state index in [1.807, 2.05) is 23.6 Å². The van der Waals surface area contributed by atoms with Crippen LogP contribution in [0.3, 0.4) is 0 Å². The number of aliphatic hydroxyl groups excluding tert-OH is 1. The zero-order chi connectivity index (χ0) is 25.6. The van der Waals surface area contributed by atoms with Gasteiger partial charge < -0.3 is 20.5 Å². The summed E-state index contributed by atoms with van der Waals surface area (Å²) < 4.78 is 5.35. The monoisotopic (exact) mass is 495 g/mol. The van der Waals surface area contributed by atoms with Gasteiger partial charge in [-0.25, -0.2) is 4.79 Å². The largest absolute Gasteiger partial charge is 0.444 e. The topological polar surface area (TPSA) is 117 Å². The van der Waals surface area contributed by atoms with Gasteiger partial charge in [-0.05, 0) is 67.6 Å². The number of carbonyl (C=O) groups excluding carboxylic acids is 3. The molecule has 184 valence electrons. The first-order valence-corrected chi connectivity index (χ1v) is 11.9. The van der Waals surface area contributed by atoms with Gasteiger partial charge in [0.2, 0.25) is 5.91 Å². The lowest BCUT2D eigenvalue weighted by atomic mass is 10.0. The van der Waals surface area contributed by atoms with Crippen LogP contribution in [0.15, 0.2) is 60.0 Å². The molecule has 0 aliphatic carbocycles. The summed E-state index contributed by atoms with van der Waals surface area (Å²) in [6.07, 6.45) is -1.66. The Labute approximate surface area is 208 Å². The molecule has 3 amide bonds. The van der Waals surface area contributed by atoms with Gasteiger partial charge in [-0.2, -0.15) is 0 Å². The molecule has 0 radical (unpaired) electrons. The number of anilines is 2. The summed E-state index contributed by atoms with van der Waals surface area (Å²) in [7, 11) is 1.46. The first-order valence-electron chi connectivity index (χ1n) is 11.0. The normalized spacial score (nSPS) is 11.9. The molecular formula is C26H29N3O5S. The third-order valence-electron chi connectivity index (χ3n) is 4.90. The Kier molecular flexibility index (Phi) is 8.26. The zero-order valence-electron chi connectivity index (χ0n) is 20.0. The fourth-order valence-corrected chi connectivity index (χ4v) is 3.96. The van der Waals surface area contributed by atoms with Crippen molar-refractivity contribution in [3.63, 3.8) is 0 Å². The van der Waals surface area contributed by atoms with E-state index in [9.17, 15) is 19.5 Å². The first-order chi connectivity index (χ1) is 16.6. The van der Waals surface area contributed by atoms with E-state index < -0.39 is 23.7 Å². The van der Waals surface area contributed by atoms with Crippen molar-refractivity contribution >= 4 is 40.6 Å². The Hall–Kier alpha value is -3.69. The summed E-state index contributed by atoms with van der Waals surface area (Å²) in [6, 6.07) is 15.9. The van der Waals surface area contributed by atoms with Gasteiger partial charge in [0.05, 0.1) is 11.4 Å². The molecule has 1 aromatic heterocycles. The molecule has 0 saturated heterocycles. The van der Waals surface area contributed by atoms with Gasteiger partial charge in [0.25, 0.3) is 5.91 Å². The first kappa shape index (κ1) is 25.9. The molecular weight excluding hydrogens is 466 g/mol. The Balaban J connectivity index is 1.81. The van der Waals surface area contributed by atoms with Crippen LogP contribution in [-0.4, -0.2) is 41.8 Å². The van der Waals surface area contributed by atoms with Gasteiger partial charge in [0, 0.05) is 23.9 Å². The van der Waals surface area contributed by atoms with Crippen LogP contribution < -0.4 is 16.0 Å². The SMILES string of the molecule is CNC(=O)C(O)Cc1ccc(C(=O)Nc2cc(-c3cccs3)ccc2NC(=O)OC(C)(C)C)cc1. The van der Waals surface area contributed by atoms with Gasteiger partial charge in [-0.1, -0.05) is 24.3 Å². The van der Waals surface area contributed by atoms with Crippen molar-refractivity contribution in [2.45, 2.75) is 38.9 Å². The third kappa shape index (κ3) is 7.40. The smallest absolute Gasteiger partial charge is 0.412 e. The van der Waals surface area contributed by atoms with E-state index >= 15 is 0 Å². The Morgan fingerprint density at radius 2 is 1.71 bits per heavy atom. The molecule has 0 aliphatic rings. The minimum Gasteiger partial charge on any atom is -0.444 e. The van der Waals surface area contributed by atoms with Crippen molar-refractivity contribution < 1.29 is 24.2 Å². The van der Waals surface area contributed by atoms with Crippen molar-refractivity contribution in [3.8, 4) is 10.4 Å². The third-order valence-corrected chi connectivity index (χ3v) is 5.82. The van der Waals surface area contributed by atoms with Crippen molar-refractivity contribution in [2.24, 2.45) is 0 Å². The maximum atomic E-state index is 13.0. The van der Waals surface area contributed by atoms with E-state index in [1.165, 1.54) is 7.05 Å². The molecule has 1 unspecified atom stereocenters. The Morgan fingerprint density at radius 1 is 1.00 bits per heavy atom. The molecule has 3 aromatic rings. The number of likely N-dealkylation sites (N-methyl/N-ethyl adjacent to an activating group) is 1. The van der Waals surface area contributed by atoms with Crippen LogP contribution in [0.4, 0.5) is 16.2 Å². The molecule has 1 atom stereocenters. The van der Waals surface area contributed by atoms with E-state index in [2.05, 4.69) is 16.0 Å². The number of benzene rings is 2. The van der Waals surface area contributed by atoms with Crippen LogP contribution in [0.2, 0.25) is 0 Å². The van der Waals surface area contributed by atoms with Gasteiger partial charge in [-0.15, -0.1) is 11.3 Å². The second kappa shape index (κ2) is 11.2. The summed E-state index contributed by atoms with van der Waals surface area (Å²) in [6.45, 7) is 5.31. The van der Waals surface area contributed by atoms with E-state index in [0.29, 0.717) is 22.5 Å². The van der Waals surface area contributed by atoms with Gasteiger partial charge in [0.15, 0.2) is 0 Å². The van der Waals surface area contributed by atoms with E-state index in [-0.39, 0.29) is 12.3 Å². The summed E-state index contributed by atoms with van der Waals surface area (Å²) in [5.74, 6) is -0.846. The predicted molar refractivity (Wildman–Crippen MR) is 138 cm³/mol. The van der Waals surface area contributed by atoms with Crippen LogP contribution in [-0.2, 0) is 16.0 Å². The zero-order valence-corrected chi connectivity index (χ0v) is 20.9. The summed E-state index contributed by atoms with van der Waals surface area (Å²) in [4.78, 5) is 37.9. The van der Waals surface area contributed by atoms with Crippen LogP contribution >= 0.6 is 11.3 Å². The van der Waals surface area contributed by atoms with Crippen LogP contribution in [0.1, 0.15) is 36.7 Å². The molecule has 0 aliphatic heterocycles. The molecule has 2 aromatic carbocycles. The maximum absolute atomic E-state index is 13.0. The predicted octanol–water partition coefficient (Wildman–Crippen LogP) is 4.66. The number of rotatable bonds is 7. The highest BCUT2D eigenvalue weighted by Gasteiger charge is 2.19. The second-order valence-corrected chi connectivity index (χ2v) is 9.80. The van der Waals surface area contributed by atoms with Crippen LogP contribution in [0.5, 0.6) is 0 Å². The molecule has 1 heterocycles. The number of nitrogens with one attached hydrogen (secondary N) is 3. The number of hydrogen-bond acceptors (Lipinski definition) is 6. The lowest BCUT2D eigenvalue weighted by molar-refractivity contribution is -0.128. The number of hydrogen-bond donors (Lipinski definition) is 4. The molecule has 9 heteroatoms. The van der Waals surface area contributed by atoms with Gasteiger partial charge in [0.1, 0.15) is 11.7 Å². The number of amides is 3. The molecule has 4 N–H and O–H groups in total. The minimum absolute atomic E-state index is 0.133. The second-order valence-electron chi connectivity index (χ2n) is 8.85. The average molecular weight is 496 g/mol. The molecule has 35 heavy (non-hydrogen) atoms. The molecule has 8 nitrogen and oxygen atoms in total. The summed E-state index contributed by atoms with van der Waals surface area (Å²) in [5.41, 5.74) is 2.14. The number of ether oxygens (including phenoxy) is 1. The van der Waals surface area contributed by atoms with Gasteiger partial charge >= 0.3 is 6.09 Å². The Morgan fingerprint density at radius 3 is 2.31 bits per heavy atom. The maximum Gasteiger partial charge on any atom is 0.412 e. The standard InChI is InChI=1S/C26H29N3O5S/c1-26(2,3)34-25(33)29-19-12-11-18(22-6-5-13-35-22)15-20(19)28-23(31)17-9-7-16(8-10-17)14-21(30)24(32)27-4/h5-13,15,21,30H,14H2,1-4H3,(H,27,32)(H,28,31)(H,29,33). The highest BCUT2D eigenvalue weighted by molar-refractivity contribution is 7.13. The summed E-state index contributed by atoms with van der Waals surface area (Å²) >= 11 is 1.56. The highest BCUT2D eigenvalue weighted by atomic mass is 32.1. The van der Waals surface area contributed by atoms with Crippen molar-refractivity contribution in [1.29, 1.82) is 0 Å².